The van der Waals surface area contributed by atoms with Crippen molar-refractivity contribution in [3.05, 3.63) is 53.8 Å². The Morgan fingerprint density at radius 1 is 1.29 bits per heavy atom. The molecule has 0 radical (unpaired) electrons. The predicted molar refractivity (Wildman–Crippen MR) is 127 cm³/mol. The van der Waals surface area contributed by atoms with Crippen LogP contribution in [-0.2, 0) is 11.2 Å². The molecule has 0 aliphatic carbocycles. The first-order chi connectivity index (χ1) is 15.1. The van der Waals surface area contributed by atoms with Crippen molar-refractivity contribution >= 4 is 44.2 Å². The van der Waals surface area contributed by atoms with Crippen LogP contribution in [0.1, 0.15) is 24.8 Å². The van der Waals surface area contributed by atoms with Crippen LogP contribution in [-0.4, -0.2) is 51.9 Å². The number of likely N-dealkylation sites (tertiary alicyclic amines) is 1. The van der Waals surface area contributed by atoms with Gasteiger partial charge in [-0.1, -0.05) is 19.1 Å². The molecule has 1 aromatic carbocycles. The Kier molecular flexibility index (Phi) is 5.36. The Balaban J connectivity index is 1.27. The lowest BCUT2D eigenvalue weighted by Crippen LogP contribution is -2.52. The minimum Gasteiger partial charge on any atom is -0.369 e. The van der Waals surface area contributed by atoms with Crippen LogP contribution >= 0.6 is 11.3 Å². The third kappa shape index (κ3) is 3.90. The zero-order chi connectivity index (χ0) is 21.4. The van der Waals surface area contributed by atoms with Crippen LogP contribution in [0.3, 0.4) is 0 Å². The van der Waals surface area contributed by atoms with Gasteiger partial charge in [-0.05, 0) is 36.6 Å². The molecule has 4 heterocycles. The molecule has 3 aromatic heterocycles. The van der Waals surface area contributed by atoms with E-state index in [4.69, 9.17) is 0 Å². The van der Waals surface area contributed by atoms with E-state index in [9.17, 15) is 4.79 Å². The van der Waals surface area contributed by atoms with Crippen molar-refractivity contribution in [2.75, 3.05) is 25.0 Å². The van der Waals surface area contributed by atoms with Crippen molar-refractivity contribution in [3.63, 3.8) is 0 Å². The Morgan fingerprint density at radius 2 is 2.16 bits per heavy atom. The number of hydrogen-bond acceptors (Lipinski definition) is 5. The van der Waals surface area contributed by atoms with Gasteiger partial charge in [-0.25, -0.2) is 9.97 Å². The third-order valence-electron chi connectivity index (χ3n) is 6.48. The number of pyridine rings is 1. The molecule has 1 N–H and O–H groups in total. The number of nitrogens with zero attached hydrogens (tertiary/aromatic N) is 4. The molecular weight excluding hydrogens is 406 g/mol. The zero-order valence-electron chi connectivity index (χ0n) is 17.9. The Hall–Kier alpha value is -2.93. The number of aryl methyl sites for hydroxylation is 1. The highest BCUT2D eigenvalue weighted by Gasteiger charge is 2.32. The molecule has 1 aliphatic heterocycles. The van der Waals surface area contributed by atoms with Crippen LogP contribution < -0.4 is 4.90 Å². The van der Waals surface area contributed by atoms with Gasteiger partial charge in [0.15, 0.2) is 0 Å². The monoisotopic (exact) mass is 433 g/mol. The second-order valence-corrected chi connectivity index (χ2v) is 9.54. The summed E-state index contributed by atoms with van der Waals surface area (Å²) in [7, 11) is 2.14. The molecule has 1 unspecified atom stereocenters. The fraction of sp³-hybridized carbons (Fsp3) is 0.375. The summed E-state index contributed by atoms with van der Waals surface area (Å²) in [5.74, 6) is 0.742. The van der Waals surface area contributed by atoms with Crippen molar-refractivity contribution in [2.24, 2.45) is 5.92 Å². The lowest BCUT2D eigenvalue weighted by molar-refractivity contribution is -0.132. The second-order valence-electron chi connectivity index (χ2n) is 8.43. The van der Waals surface area contributed by atoms with Crippen molar-refractivity contribution in [1.29, 1.82) is 0 Å². The van der Waals surface area contributed by atoms with Gasteiger partial charge in [0.2, 0.25) is 5.91 Å². The van der Waals surface area contributed by atoms with Gasteiger partial charge in [-0.3, -0.25) is 4.79 Å². The first kappa shape index (κ1) is 20.0. The summed E-state index contributed by atoms with van der Waals surface area (Å²) in [5.41, 5.74) is 3.08. The van der Waals surface area contributed by atoms with Crippen LogP contribution in [0.2, 0.25) is 0 Å². The quantitative estimate of drug-likeness (QED) is 0.504. The summed E-state index contributed by atoms with van der Waals surface area (Å²) in [4.78, 5) is 29.7. The Bertz CT molecular complexity index is 1180. The van der Waals surface area contributed by atoms with Gasteiger partial charge in [0.25, 0.3) is 0 Å². The molecule has 1 saturated heterocycles. The number of amides is 1. The Labute approximate surface area is 185 Å². The molecule has 2 atom stereocenters. The highest BCUT2D eigenvalue weighted by atomic mass is 32.1. The molecule has 1 aliphatic rings. The normalized spacial score (nSPS) is 19.2. The molecule has 0 saturated carbocycles. The average molecular weight is 434 g/mol. The van der Waals surface area contributed by atoms with Gasteiger partial charge in [-0.2, -0.15) is 0 Å². The lowest BCUT2D eigenvalue weighted by Gasteiger charge is -2.42. The van der Waals surface area contributed by atoms with E-state index in [0.717, 1.165) is 46.8 Å². The molecular formula is C24H27N5OS. The summed E-state index contributed by atoms with van der Waals surface area (Å²) >= 11 is 1.69. The molecule has 1 fully saturated rings. The number of likely N-dealkylation sites (N-methyl/N-ethyl adjacent to an activating group) is 1. The highest BCUT2D eigenvalue weighted by Crippen LogP contribution is 2.30. The molecule has 0 bridgehead atoms. The number of hydrogen-bond donors (Lipinski definition) is 1. The number of carbonyl (C=O) groups excluding carboxylic acids is 1. The van der Waals surface area contributed by atoms with Crippen LogP contribution in [0.5, 0.6) is 0 Å². The number of fused-ring (bicyclic) bond motifs is 2. The van der Waals surface area contributed by atoms with Crippen LogP contribution in [0.25, 0.3) is 21.3 Å². The van der Waals surface area contributed by atoms with Gasteiger partial charge >= 0.3 is 0 Å². The summed E-state index contributed by atoms with van der Waals surface area (Å²) in [6.45, 7) is 3.88. The van der Waals surface area contributed by atoms with Crippen molar-refractivity contribution in [3.8, 4) is 0 Å². The number of carbonyl (C=O) groups is 1. The topological polar surface area (TPSA) is 65.1 Å². The van der Waals surface area contributed by atoms with E-state index >= 15 is 0 Å². The van der Waals surface area contributed by atoms with Gasteiger partial charge in [-0.15, -0.1) is 11.3 Å². The van der Waals surface area contributed by atoms with Gasteiger partial charge in [0, 0.05) is 62.5 Å². The number of anilines is 1. The molecule has 1 amide bonds. The minimum absolute atomic E-state index is 0.228. The van der Waals surface area contributed by atoms with Crippen molar-refractivity contribution in [2.45, 2.75) is 32.2 Å². The number of aromatic nitrogens is 3. The smallest absolute Gasteiger partial charge is 0.223 e. The van der Waals surface area contributed by atoms with E-state index in [0.29, 0.717) is 18.8 Å². The molecule has 160 valence electrons. The molecule has 31 heavy (non-hydrogen) atoms. The average Bonchev–Trinajstić information content (AvgIpc) is 3.43. The lowest BCUT2D eigenvalue weighted by atomic mass is 9.91. The standard InChI is InChI=1S/C24H27N5OS/c1-16-11-14-29(23(30)8-7-22-27-18-5-3-4-6-21(18)31-22)15-20(16)28(2)19-10-13-26-24-17(19)9-12-25-24/h3-6,9-10,12-13,16,20H,7-8,11,14-15H2,1-2H3,(H,25,26)/t16-,20?/m1/s1. The maximum Gasteiger partial charge on any atom is 0.223 e. The number of nitrogens with one attached hydrogen (secondary N) is 1. The number of piperidine rings is 1. The van der Waals surface area contributed by atoms with E-state index < -0.39 is 0 Å². The maximum absolute atomic E-state index is 13.0. The molecule has 4 aromatic rings. The third-order valence-corrected chi connectivity index (χ3v) is 7.57. The fourth-order valence-electron chi connectivity index (χ4n) is 4.61. The molecule has 0 spiro atoms. The summed E-state index contributed by atoms with van der Waals surface area (Å²) in [6, 6.07) is 12.6. The number of H-pyrrole nitrogens is 1. The van der Waals surface area contributed by atoms with Gasteiger partial charge < -0.3 is 14.8 Å². The number of para-hydroxylation sites is 1. The zero-order valence-corrected chi connectivity index (χ0v) is 18.7. The molecule has 5 rings (SSSR count). The maximum atomic E-state index is 13.0. The summed E-state index contributed by atoms with van der Waals surface area (Å²) < 4.78 is 1.19. The predicted octanol–water partition coefficient (Wildman–Crippen LogP) is 4.48. The van der Waals surface area contributed by atoms with E-state index in [1.165, 1.54) is 4.70 Å². The van der Waals surface area contributed by atoms with E-state index in [2.05, 4.69) is 52.0 Å². The molecule has 7 heteroatoms. The SMILES string of the molecule is C[C@@H]1CCN(C(=O)CCc2nc3ccccc3s2)CC1N(C)c1ccnc2[nH]ccc12. The Morgan fingerprint density at radius 3 is 3.03 bits per heavy atom. The van der Waals surface area contributed by atoms with E-state index in [-0.39, 0.29) is 11.9 Å². The van der Waals surface area contributed by atoms with Gasteiger partial charge in [0.05, 0.1) is 15.2 Å². The van der Waals surface area contributed by atoms with E-state index in [1.807, 2.05) is 35.5 Å². The minimum atomic E-state index is 0.228. The number of thiazole rings is 1. The van der Waals surface area contributed by atoms with Crippen LogP contribution in [0.4, 0.5) is 5.69 Å². The van der Waals surface area contributed by atoms with Gasteiger partial charge in [0.1, 0.15) is 5.65 Å². The number of aromatic amines is 1. The summed E-state index contributed by atoms with van der Waals surface area (Å²) in [6.07, 6.45) is 6.01. The van der Waals surface area contributed by atoms with Crippen molar-refractivity contribution < 1.29 is 4.79 Å². The first-order valence-electron chi connectivity index (χ1n) is 10.9. The number of benzene rings is 1. The largest absolute Gasteiger partial charge is 0.369 e. The highest BCUT2D eigenvalue weighted by molar-refractivity contribution is 7.18. The van der Waals surface area contributed by atoms with Crippen LogP contribution in [0.15, 0.2) is 48.8 Å². The number of rotatable bonds is 5. The molecule has 6 nitrogen and oxygen atoms in total. The fourth-order valence-corrected chi connectivity index (χ4v) is 5.58. The van der Waals surface area contributed by atoms with E-state index in [1.54, 1.807) is 11.3 Å². The van der Waals surface area contributed by atoms with Crippen molar-refractivity contribution in [1.82, 2.24) is 19.9 Å². The van der Waals surface area contributed by atoms with Crippen LogP contribution in [0, 0.1) is 5.92 Å². The summed E-state index contributed by atoms with van der Waals surface area (Å²) in [5, 5.41) is 2.16. The second kappa shape index (κ2) is 8.30. The first-order valence-corrected chi connectivity index (χ1v) is 11.7.